The molecule has 1 aromatic carbocycles. The van der Waals surface area contributed by atoms with Crippen LogP contribution in [-0.2, 0) is 0 Å². The molecule has 4 aromatic heterocycles. The molecule has 7 nitrogen and oxygen atoms in total. The average molecular weight is 376 g/mol. The maximum Gasteiger partial charge on any atom is 0.200 e. The Kier molecular flexibility index (Phi) is 3.48. The number of thiophene rings is 1. The Labute approximate surface area is 158 Å². The molecule has 0 fully saturated rings. The van der Waals surface area contributed by atoms with Gasteiger partial charge in [0, 0.05) is 10.4 Å². The number of ether oxygens (including phenoxy) is 1. The van der Waals surface area contributed by atoms with Crippen LogP contribution in [0.1, 0.15) is 10.4 Å². The smallest absolute Gasteiger partial charge is 0.200 e. The number of H-pyrrole nitrogens is 1. The first-order valence-corrected chi connectivity index (χ1v) is 9.27. The third-order valence-electron chi connectivity index (χ3n) is 4.71. The minimum atomic E-state index is 0.597. The van der Waals surface area contributed by atoms with Gasteiger partial charge in [0.1, 0.15) is 22.6 Å². The number of rotatable bonds is 3. The van der Waals surface area contributed by atoms with E-state index in [0.717, 1.165) is 38.6 Å². The SMILES string of the molecule is COc1ccc(-c2cc(-c3nc4c5c(C)c(C)sc5ncn4n3)[nH]n2)cc1. The van der Waals surface area contributed by atoms with Crippen molar-refractivity contribution in [1.29, 1.82) is 0 Å². The van der Waals surface area contributed by atoms with Gasteiger partial charge in [0.05, 0.1) is 18.2 Å². The Bertz CT molecular complexity index is 1280. The summed E-state index contributed by atoms with van der Waals surface area (Å²) in [4.78, 5) is 11.5. The van der Waals surface area contributed by atoms with Crippen LogP contribution in [0, 0.1) is 13.8 Å². The van der Waals surface area contributed by atoms with Gasteiger partial charge in [-0.3, -0.25) is 5.10 Å². The Hall–Kier alpha value is -3.26. The third kappa shape index (κ3) is 2.48. The Morgan fingerprint density at radius 2 is 1.96 bits per heavy atom. The minimum absolute atomic E-state index is 0.597. The highest BCUT2D eigenvalue weighted by atomic mass is 32.1. The van der Waals surface area contributed by atoms with E-state index < -0.39 is 0 Å². The third-order valence-corrected chi connectivity index (χ3v) is 5.83. The zero-order chi connectivity index (χ0) is 18.5. The summed E-state index contributed by atoms with van der Waals surface area (Å²) in [6.45, 7) is 4.20. The monoisotopic (exact) mass is 376 g/mol. The molecule has 1 N–H and O–H groups in total. The number of nitrogens with one attached hydrogen (secondary N) is 1. The molecule has 0 saturated heterocycles. The van der Waals surface area contributed by atoms with E-state index in [0.29, 0.717) is 5.82 Å². The largest absolute Gasteiger partial charge is 0.497 e. The van der Waals surface area contributed by atoms with Gasteiger partial charge in [0.15, 0.2) is 11.5 Å². The molecule has 4 heterocycles. The summed E-state index contributed by atoms with van der Waals surface area (Å²) in [6.07, 6.45) is 1.71. The lowest BCUT2D eigenvalue weighted by atomic mass is 10.1. The molecule has 5 aromatic rings. The van der Waals surface area contributed by atoms with Gasteiger partial charge in [-0.2, -0.15) is 5.10 Å². The molecule has 0 spiro atoms. The van der Waals surface area contributed by atoms with Gasteiger partial charge < -0.3 is 4.74 Å². The molecule has 0 aliphatic rings. The van der Waals surface area contributed by atoms with Crippen molar-refractivity contribution in [1.82, 2.24) is 29.8 Å². The van der Waals surface area contributed by atoms with E-state index in [9.17, 15) is 0 Å². The predicted molar refractivity (Wildman–Crippen MR) is 105 cm³/mol. The average Bonchev–Trinajstić information content (AvgIpc) is 3.39. The summed E-state index contributed by atoms with van der Waals surface area (Å²) in [7, 11) is 1.65. The van der Waals surface area contributed by atoms with Gasteiger partial charge in [-0.05, 0) is 49.7 Å². The lowest BCUT2D eigenvalue weighted by Gasteiger charge is -1.99. The molecule has 5 rings (SSSR count). The summed E-state index contributed by atoms with van der Waals surface area (Å²) in [5.41, 5.74) is 4.61. The summed E-state index contributed by atoms with van der Waals surface area (Å²) in [6, 6.07) is 9.72. The van der Waals surface area contributed by atoms with E-state index in [1.807, 2.05) is 30.3 Å². The van der Waals surface area contributed by atoms with Crippen LogP contribution in [-0.4, -0.2) is 36.9 Å². The number of hydrogen-bond acceptors (Lipinski definition) is 6. The minimum Gasteiger partial charge on any atom is -0.497 e. The van der Waals surface area contributed by atoms with Gasteiger partial charge in [-0.15, -0.1) is 16.4 Å². The fourth-order valence-electron chi connectivity index (χ4n) is 3.10. The maximum atomic E-state index is 5.20. The van der Waals surface area contributed by atoms with Crippen molar-refractivity contribution < 1.29 is 4.74 Å². The number of aromatic nitrogens is 6. The first-order valence-electron chi connectivity index (χ1n) is 8.45. The van der Waals surface area contributed by atoms with Crippen molar-refractivity contribution in [2.45, 2.75) is 13.8 Å². The summed E-state index contributed by atoms with van der Waals surface area (Å²) in [5.74, 6) is 1.41. The van der Waals surface area contributed by atoms with Crippen molar-refractivity contribution in [3.05, 3.63) is 47.1 Å². The second-order valence-electron chi connectivity index (χ2n) is 6.31. The topological polar surface area (TPSA) is 81.0 Å². The first-order chi connectivity index (χ1) is 13.1. The van der Waals surface area contributed by atoms with Crippen LogP contribution in [0.25, 0.3) is 38.6 Å². The lowest BCUT2D eigenvalue weighted by molar-refractivity contribution is 0.415. The normalized spacial score (nSPS) is 11.5. The first kappa shape index (κ1) is 16.0. The molecule has 0 aliphatic carbocycles. The van der Waals surface area contributed by atoms with Crippen molar-refractivity contribution >= 4 is 27.2 Å². The number of methoxy groups -OCH3 is 1. The van der Waals surface area contributed by atoms with Crippen LogP contribution < -0.4 is 4.74 Å². The van der Waals surface area contributed by atoms with Crippen LogP contribution in [0.3, 0.4) is 0 Å². The Morgan fingerprint density at radius 1 is 1.15 bits per heavy atom. The number of benzene rings is 1. The number of aromatic amines is 1. The maximum absolute atomic E-state index is 5.20. The van der Waals surface area contributed by atoms with Crippen LogP contribution in [0.15, 0.2) is 36.7 Å². The van der Waals surface area contributed by atoms with Gasteiger partial charge in [-0.1, -0.05) is 0 Å². The van der Waals surface area contributed by atoms with E-state index in [-0.39, 0.29) is 0 Å². The molecular formula is C19H16N6OS. The van der Waals surface area contributed by atoms with E-state index in [2.05, 4.69) is 34.1 Å². The van der Waals surface area contributed by atoms with Gasteiger partial charge >= 0.3 is 0 Å². The number of hydrogen-bond donors (Lipinski definition) is 1. The molecule has 0 unspecified atom stereocenters. The zero-order valence-electron chi connectivity index (χ0n) is 15.0. The number of aryl methyl sites for hydroxylation is 2. The van der Waals surface area contributed by atoms with Crippen LogP contribution in [0.4, 0.5) is 0 Å². The fraction of sp³-hybridized carbons (Fsp3) is 0.158. The number of nitrogens with zero attached hydrogens (tertiary/aromatic N) is 5. The fourth-order valence-corrected chi connectivity index (χ4v) is 4.10. The molecule has 0 amide bonds. The van der Waals surface area contributed by atoms with Gasteiger partial charge in [0.25, 0.3) is 0 Å². The van der Waals surface area contributed by atoms with Crippen LogP contribution in [0.5, 0.6) is 5.75 Å². The molecule has 8 heteroatoms. The second kappa shape index (κ2) is 5.88. The Balaban J connectivity index is 1.59. The molecule has 134 valence electrons. The lowest BCUT2D eigenvalue weighted by Crippen LogP contribution is -1.90. The summed E-state index contributed by atoms with van der Waals surface area (Å²) >= 11 is 1.68. The van der Waals surface area contributed by atoms with Gasteiger partial charge in [-0.25, -0.2) is 14.5 Å². The zero-order valence-corrected chi connectivity index (χ0v) is 15.8. The van der Waals surface area contributed by atoms with E-state index >= 15 is 0 Å². The highest BCUT2D eigenvalue weighted by molar-refractivity contribution is 7.18. The molecule has 0 aliphatic heterocycles. The second-order valence-corrected chi connectivity index (χ2v) is 7.51. The quantitative estimate of drug-likeness (QED) is 0.514. The molecule has 0 saturated carbocycles. The van der Waals surface area contributed by atoms with E-state index in [4.69, 9.17) is 9.72 Å². The standard InChI is InChI=1S/C19H16N6OS/c1-10-11(2)27-19-16(10)18-21-17(24-25(18)9-20-19)15-8-14(22-23-15)12-4-6-13(26-3)7-5-12/h4-9H,1-3H3,(H,22,23). The van der Waals surface area contributed by atoms with Gasteiger partial charge in [0.2, 0.25) is 0 Å². The van der Waals surface area contributed by atoms with Crippen molar-refractivity contribution in [3.63, 3.8) is 0 Å². The van der Waals surface area contributed by atoms with E-state index in [1.54, 1.807) is 29.3 Å². The van der Waals surface area contributed by atoms with Crippen molar-refractivity contribution in [3.8, 4) is 28.5 Å². The molecule has 0 bridgehead atoms. The van der Waals surface area contributed by atoms with Crippen molar-refractivity contribution in [2.75, 3.05) is 7.11 Å². The van der Waals surface area contributed by atoms with Crippen LogP contribution >= 0.6 is 11.3 Å². The summed E-state index contributed by atoms with van der Waals surface area (Å²) in [5, 5.41) is 13.1. The van der Waals surface area contributed by atoms with Crippen LogP contribution in [0.2, 0.25) is 0 Å². The molecular weight excluding hydrogens is 360 g/mol. The number of fused-ring (bicyclic) bond motifs is 3. The molecule has 0 radical (unpaired) electrons. The molecule has 27 heavy (non-hydrogen) atoms. The summed E-state index contributed by atoms with van der Waals surface area (Å²) < 4.78 is 6.93. The highest BCUT2D eigenvalue weighted by Crippen LogP contribution is 2.32. The Morgan fingerprint density at radius 3 is 2.74 bits per heavy atom. The predicted octanol–water partition coefficient (Wildman–Crippen LogP) is 4.02. The van der Waals surface area contributed by atoms with E-state index in [1.165, 1.54) is 10.4 Å². The highest BCUT2D eigenvalue weighted by Gasteiger charge is 2.16. The van der Waals surface area contributed by atoms with Crippen molar-refractivity contribution in [2.24, 2.45) is 0 Å². The molecule has 0 atom stereocenters.